The molecule has 0 amide bonds. The van der Waals surface area contributed by atoms with Crippen LogP contribution >= 0.6 is 0 Å². The Morgan fingerprint density at radius 3 is 2.24 bits per heavy atom. The first-order chi connectivity index (χ1) is 10.1. The maximum Gasteiger partial charge on any atom is 0.311 e. The van der Waals surface area contributed by atoms with E-state index < -0.39 is 4.92 Å². The fraction of sp³-hybridized carbons (Fsp3) is 0.250. The van der Waals surface area contributed by atoms with Crippen molar-refractivity contribution >= 4 is 5.69 Å². The predicted molar refractivity (Wildman–Crippen MR) is 80.0 cm³/mol. The van der Waals surface area contributed by atoms with E-state index in [2.05, 4.69) is 0 Å². The zero-order valence-electron chi connectivity index (χ0n) is 12.0. The Balaban J connectivity index is 1.89. The van der Waals surface area contributed by atoms with Crippen molar-refractivity contribution in [2.45, 2.75) is 13.8 Å². The summed E-state index contributed by atoms with van der Waals surface area (Å²) in [5.74, 6) is 1.01. The van der Waals surface area contributed by atoms with Gasteiger partial charge in [-0.3, -0.25) is 10.1 Å². The molecular weight excluding hydrogens is 270 g/mol. The number of hydrogen-bond donors (Lipinski definition) is 0. The van der Waals surface area contributed by atoms with Gasteiger partial charge < -0.3 is 9.47 Å². The minimum Gasteiger partial charge on any atom is -0.490 e. The monoisotopic (exact) mass is 287 g/mol. The molecule has 0 heterocycles. The molecule has 0 fully saturated rings. The second-order valence-corrected chi connectivity index (χ2v) is 4.74. The minimum absolute atomic E-state index is 0.0228. The van der Waals surface area contributed by atoms with Gasteiger partial charge in [-0.1, -0.05) is 23.8 Å². The molecule has 0 saturated heterocycles. The van der Waals surface area contributed by atoms with Crippen LogP contribution in [0.15, 0.2) is 42.5 Å². The van der Waals surface area contributed by atoms with Crippen molar-refractivity contribution in [3.05, 3.63) is 63.7 Å². The molecule has 110 valence electrons. The largest absolute Gasteiger partial charge is 0.490 e. The summed E-state index contributed by atoms with van der Waals surface area (Å²) in [4.78, 5) is 10.5. The number of nitro benzene ring substituents is 1. The smallest absolute Gasteiger partial charge is 0.311 e. The fourth-order valence-electron chi connectivity index (χ4n) is 1.84. The zero-order valence-corrected chi connectivity index (χ0v) is 12.0. The van der Waals surface area contributed by atoms with Gasteiger partial charge >= 0.3 is 5.69 Å². The van der Waals surface area contributed by atoms with Gasteiger partial charge in [0.1, 0.15) is 19.0 Å². The normalized spacial score (nSPS) is 10.2. The predicted octanol–water partition coefficient (Wildman–Crippen LogP) is 3.67. The molecule has 2 aromatic carbocycles. The standard InChI is InChI=1S/C16H17NO4/c1-12-3-6-14(7-4-12)20-9-10-21-16-8-5-13(2)11-15(16)17(18)19/h3-8,11H,9-10H2,1-2H3. The topological polar surface area (TPSA) is 61.6 Å². The molecule has 0 spiro atoms. The quantitative estimate of drug-likeness (QED) is 0.462. The average Bonchev–Trinajstić information content (AvgIpc) is 2.46. The van der Waals surface area contributed by atoms with Gasteiger partial charge in [0, 0.05) is 6.07 Å². The Labute approximate surface area is 123 Å². The highest BCUT2D eigenvalue weighted by molar-refractivity contribution is 5.48. The van der Waals surface area contributed by atoms with E-state index in [0.717, 1.165) is 16.9 Å². The Bertz CT molecular complexity index is 623. The molecule has 0 bridgehead atoms. The highest BCUT2D eigenvalue weighted by Crippen LogP contribution is 2.27. The second kappa shape index (κ2) is 6.74. The zero-order chi connectivity index (χ0) is 15.2. The molecule has 0 aliphatic rings. The summed E-state index contributed by atoms with van der Waals surface area (Å²) in [7, 11) is 0. The summed E-state index contributed by atoms with van der Waals surface area (Å²) in [6.07, 6.45) is 0. The number of nitro groups is 1. The van der Waals surface area contributed by atoms with Gasteiger partial charge in [-0.05, 0) is 37.6 Å². The van der Waals surface area contributed by atoms with E-state index in [4.69, 9.17) is 9.47 Å². The van der Waals surface area contributed by atoms with E-state index >= 15 is 0 Å². The first kappa shape index (κ1) is 14.8. The molecule has 0 unspecified atom stereocenters. The van der Waals surface area contributed by atoms with Crippen LogP contribution < -0.4 is 9.47 Å². The third kappa shape index (κ3) is 4.21. The lowest BCUT2D eigenvalue weighted by Gasteiger charge is -2.09. The lowest BCUT2D eigenvalue weighted by Crippen LogP contribution is -2.10. The summed E-state index contributed by atoms with van der Waals surface area (Å²) in [6, 6.07) is 12.6. The van der Waals surface area contributed by atoms with E-state index in [9.17, 15) is 10.1 Å². The lowest BCUT2D eigenvalue weighted by molar-refractivity contribution is -0.385. The highest BCUT2D eigenvalue weighted by atomic mass is 16.6. The summed E-state index contributed by atoms with van der Waals surface area (Å²) < 4.78 is 10.9. The molecule has 0 N–H and O–H groups in total. The molecule has 0 atom stereocenters. The fourth-order valence-corrected chi connectivity index (χ4v) is 1.84. The summed E-state index contributed by atoms with van der Waals surface area (Å²) >= 11 is 0. The second-order valence-electron chi connectivity index (χ2n) is 4.74. The Hall–Kier alpha value is -2.56. The van der Waals surface area contributed by atoms with Crippen LogP contribution in [0, 0.1) is 24.0 Å². The number of aryl methyl sites for hydroxylation is 2. The number of hydrogen-bond acceptors (Lipinski definition) is 4. The molecule has 0 aliphatic heterocycles. The lowest BCUT2D eigenvalue weighted by atomic mass is 10.2. The van der Waals surface area contributed by atoms with E-state index in [1.807, 2.05) is 31.2 Å². The van der Waals surface area contributed by atoms with Gasteiger partial charge in [0.15, 0.2) is 5.75 Å². The Morgan fingerprint density at radius 1 is 0.952 bits per heavy atom. The van der Waals surface area contributed by atoms with E-state index in [1.165, 1.54) is 6.07 Å². The maximum absolute atomic E-state index is 11.0. The molecule has 5 nitrogen and oxygen atoms in total. The number of benzene rings is 2. The molecular formula is C16H17NO4. The van der Waals surface area contributed by atoms with Crippen LogP contribution in [0.25, 0.3) is 0 Å². The van der Waals surface area contributed by atoms with Crippen molar-refractivity contribution in [3.8, 4) is 11.5 Å². The van der Waals surface area contributed by atoms with Gasteiger partial charge in [0.2, 0.25) is 0 Å². The van der Waals surface area contributed by atoms with Crippen LogP contribution in [0.5, 0.6) is 11.5 Å². The van der Waals surface area contributed by atoms with Crippen LogP contribution in [-0.2, 0) is 0 Å². The van der Waals surface area contributed by atoms with Gasteiger partial charge in [-0.25, -0.2) is 0 Å². The van der Waals surface area contributed by atoms with Gasteiger partial charge in [0.05, 0.1) is 4.92 Å². The van der Waals surface area contributed by atoms with E-state index in [0.29, 0.717) is 6.61 Å². The number of rotatable bonds is 6. The number of nitrogens with zero attached hydrogens (tertiary/aromatic N) is 1. The van der Waals surface area contributed by atoms with Crippen molar-refractivity contribution in [1.82, 2.24) is 0 Å². The SMILES string of the molecule is Cc1ccc(OCCOc2ccc(C)cc2[N+](=O)[O-])cc1. The molecule has 0 radical (unpaired) electrons. The molecule has 21 heavy (non-hydrogen) atoms. The first-order valence-electron chi connectivity index (χ1n) is 6.63. The number of ether oxygens (including phenoxy) is 2. The van der Waals surface area contributed by atoms with Gasteiger partial charge in [0.25, 0.3) is 0 Å². The molecule has 0 aliphatic carbocycles. The molecule has 2 rings (SSSR count). The maximum atomic E-state index is 11.0. The molecule has 0 aromatic heterocycles. The van der Waals surface area contributed by atoms with E-state index in [1.54, 1.807) is 19.1 Å². The molecule has 2 aromatic rings. The van der Waals surface area contributed by atoms with Crippen LogP contribution in [0.4, 0.5) is 5.69 Å². The van der Waals surface area contributed by atoms with Crippen molar-refractivity contribution in [3.63, 3.8) is 0 Å². The van der Waals surface area contributed by atoms with Crippen LogP contribution in [0.2, 0.25) is 0 Å². The summed E-state index contributed by atoms with van der Waals surface area (Å²) in [5.41, 5.74) is 1.96. The Morgan fingerprint density at radius 2 is 1.57 bits per heavy atom. The summed E-state index contributed by atoms with van der Waals surface area (Å²) in [5, 5.41) is 11.0. The average molecular weight is 287 g/mol. The van der Waals surface area contributed by atoms with Crippen molar-refractivity contribution in [1.29, 1.82) is 0 Å². The highest BCUT2D eigenvalue weighted by Gasteiger charge is 2.14. The van der Waals surface area contributed by atoms with Crippen molar-refractivity contribution in [2.75, 3.05) is 13.2 Å². The molecule has 0 saturated carbocycles. The molecule has 5 heteroatoms. The first-order valence-corrected chi connectivity index (χ1v) is 6.63. The third-order valence-corrected chi connectivity index (χ3v) is 2.94. The van der Waals surface area contributed by atoms with Gasteiger partial charge in [-0.2, -0.15) is 0 Å². The van der Waals surface area contributed by atoms with Gasteiger partial charge in [-0.15, -0.1) is 0 Å². The van der Waals surface area contributed by atoms with Crippen molar-refractivity contribution < 1.29 is 14.4 Å². The van der Waals surface area contributed by atoms with Crippen LogP contribution in [0.3, 0.4) is 0 Å². The summed E-state index contributed by atoms with van der Waals surface area (Å²) in [6.45, 7) is 4.38. The minimum atomic E-state index is -0.441. The van der Waals surface area contributed by atoms with Crippen LogP contribution in [0.1, 0.15) is 11.1 Å². The van der Waals surface area contributed by atoms with Crippen LogP contribution in [-0.4, -0.2) is 18.1 Å². The Kier molecular flexibility index (Phi) is 4.77. The van der Waals surface area contributed by atoms with Crippen molar-refractivity contribution in [2.24, 2.45) is 0 Å². The third-order valence-electron chi connectivity index (χ3n) is 2.94. The van der Waals surface area contributed by atoms with E-state index in [-0.39, 0.29) is 18.0 Å².